The van der Waals surface area contributed by atoms with Crippen molar-refractivity contribution in [1.82, 2.24) is 4.57 Å². The fourth-order valence-corrected chi connectivity index (χ4v) is 2.50. The van der Waals surface area contributed by atoms with E-state index in [1.165, 1.54) is 10.6 Å². The van der Waals surface area contributed by atoms with Crippen molar-refractivity contribution >= 4 is 35.0 Å². The average molecular weight is 312 g/mol. The number of rotatable bonds is 4. The third kappa shape index (κ3) is 2.86. The first-order chi connectivity index (χ1) is 9.40. The Hall–Kier alpha value is -1.78. The van der Waals surface area contributed by atoms with E-state index in [2.05, 4.69) is 0 Å². The molecule has 0 aliphatic heterocycles. The SMILES string of the molecule is Cn1c(CC(=O)O)cc(Cl)c1C(=O)c1cccc(Cl)c1. The fraction of sp³-hybridized carbons (Fsp3) is 0.143. The van der Waals surface area contributed by atoms with Crippen molar-refractivity contribution in [2.45, 2.75) is 6.42 Å². The first-order valence-corrected chi connectivity index (χ1v) is 6.52. The van der Waals surface area contributed by atoms with Gasteiger partial charge in [0.15, 0.2) is 0 Å². The van der Waals surface area contributed by atoms with Gasteiger partial charge in [-0.15, -0.1) is 0 Å². The molecule has 0 unspecified atom stereocenters. The molecule has 0 saturated carbocycles. The maximum Gasteiger partial charge on any atom is 0.309 e. The summed E-state index contributed by atoms with van der Waals surface area (Å²) in [4.78, 5) is 23.2. The van der Waals surface area contributed by atoms with Crippen molar-refractivity contribution in [2.24, 2.45) is 7.05 Å². The summed E-state index contributed by atoms with van der Waals surface area (Å²) in [5.74, 6) is -1.28. The van der Waals surface area contributed by atoms with Crippen LogP contribution in [0.1, 0.15) is 21.7 Å². The van der Waals surface area contributed by atoms with Crippen LogP contribution < -0.4 is 0 Å². The quantitative estimate of drug-likeness (QED) is 0.882. The Kier molecular flexibility index (Phi) is 4.16. The van der Waals surface area contributed by atoms with E-state index in [1.807, 2.05) is 0 Å². The van der Waals surface area contributed by atoms with E-state index >= 15 is 0 Å². The Bertz CT molecular complexity index is 692. The lowest BCUT2D eigenvalue weighted by Gasteiger charge is -2.06. The summed E-state index contributed by atoms with van der Waals surface area (Å²) in [7, 11) is 1.61. The summed E-state index contributed by atoms with van der Waals surface area (Å²) in [6, 6.07) is 8.01. The van der Waals surface area contributed by atoms with Crippen molar-refractivity contribution in [2.75, 3.05) is 0 Å². The Morgan fingerprint density at radius 3 is 2.55 bits per heavy atom. The molecule has 0 radical (unpaired) electrons. The van der Waals surface area contributed by atoms with Crippen molar-refractivity contribution in [3.63, 3.8) is 0 Å². The number of benzene rings is 1. The minimum atomic E-state index is -0.982. The summed E-state index contributed by atoms with van der Waals surface area (Å²) in [5, 5.41) is 9.51. The number of hydrogen-bond donors (Lipinski definition) is 1. The van der Waals surface area contributed by atoms with E-state index < -0.39 is 5.97 Å². The van der Waals surface area contributed by atoms with Gasteiger partial charge in [0, 0.05) is 23.3 Å². The van der Waals surface area contributed by atoms with Crippen LogP contribution in [0.2, 0.25) is 10.0 Å². The summed E-state index contributed by atoms with van der Waals surface area (Å²) in [6.07, 6.45) is -0.195. The second-order valence-corrected chi connectivity index (χ2v) is 5.14. The summed E-state index contributed by atoms with van der Waals surface area (Å²) >= 11 is 11.9. The van der Waals surface area contributed by atoms with E-state index in [0.29, 0.717) is 16.3 Å². The monoisotopic (exact) mass is 311 g/mol. The molecule has 0 aliphatic rings. The first-order valence-electron chi connectivity index (χ1n) is 5.76. The van der Waals surface area contributed by atoms with Gasteiger partial charge in [-0.1, -0.05) is 35.3 Å². The standard InChI is InChI=1S/C14H11Cl2NO3/c1-17-10(7-12(18)19)6-11(16)13(17)14(20)8-3-2-4-9(15)5-8/h2-6H,7H2,1H3,(H,18,19). The molecule has 1 aromatic carbocycles. The molecule has 0 fully saturated rings. The van der Waals surface area contributed by atoms with Crippen LogP contribution in [-0.4, -0.2) is 21.4 Å². The highest BCUT2D eigenvalue weighted by Crippen LogP contribution is 2.24. The number of aromatic nitrogens is 1. The Labute approximate surface area is 125 Å². The number of halogens is 2. The maximum atomic E-state index is 12.4. The molecule has 0 spiro atoms. The van der Waals surface area contributed by atoms with Crippen LogP contribution in [0.5, 0.6) is 0 Å². The Balaban J connectivity index is 2.45. The minimum absolute atomic E-state index is 0.195. The molecule has 1 heterocycles. The van der Waals surface area contributed by atoms with Gasteiger partial charge in [-0.3, -0.25) is 9.59 Å². The zero-order valence-corrected chi connectivity index (χ0v) is 12.1. The maximum absolute atomic E-state index is 12.4. The number of aliphatic carboxylic acids is 1. The lowest BCUT2D eigenvalue weighted by atomic mass is 10.1. The smallest absolute Gasteiger partial charge is 0.309 e. The third-order valence-corrected chi connectivity index (χ3v) is 3.44. The Morgan fingerprint density at radius 2 is 1.95 bits per heavy atom. The molecule has 4 nitrogen and oxygen atoms in total. The predicted molar refractivity (Wildman–Crippen MR) is 76.6 cm³/mol. The zero-order valence-electron chi connectivity index (χ0n) is 10.6. The van der Waals surface area contributed by atoms with Crippen LogP contribution in [-0.2, 0) is 18.3 Å². The second kappa shape index (κ2) is 5.69. The van der Waals surface area contributed by atoms with Gasteiger partial charge in [0.25, 0.3) is 0 Å². The molecule has 2 rings (SSSR count). The van der Waals surface area contributed by atoms with Gasteiger partial charge in [-0.25, -0.2) is 0 Å². The molecule has 20 heavy (non-hydrogen) atoms. The molecule has 0 aliphatic carbocycles. The van der Waals surface area contributed by atoms with Gasteiger partial charge in [-0.05, 0) is 18.2 Å². The van der Waals surface area contributed by atoms with Gasteiger partial charge < -0.3 is 9.67 Å². The van der Waals surface area contributed by atoms with Crippen LogP contribution in [0.4, 0.5) is 0 Å². The van der Waals surface area contributed by atoms with Crippen LogP contribution in [0.3, 0.4) is 0 Å². The number of ketones is 1. The van der Waals surface area contributed by atoms with Crippen LogP contribution in [0, 0.1) is 0 Å². The van der Waals surface area contributed by atoms with Gasteiger partial charge in [0.05, 0.1) is 11.4 Å². The molecule has 6 heteroatoms. The highest BCUT2D eigenvalue weighted by Gasteiger charge is 2.20. The van der Waals surface area contributed by atoms with E-state index in [-0.39, 0.29) is 22.9 Å². The van der Waals surface area contributed by atoms with Gasteiger partial charge in [0.1, 0.15) is 5.69 Å². The highest BCUT2D eigenvalue weighted by molar-refractivity contribution is 6.35. The van der Waals surface area contributed by atoms with Crippen molar-refractivity contribution in [1.29, 1.82) is 0 Å². The summed E-state index contributed by atoms with van der Waals surface area (Å²) in [5.41, 5.74) is 1.13. The van der Waals surface area contributed by atoms with Crippen molar-refractivity contribution < 1.29 is 14.7 Å². The molecule has 0 atom stereocenters. The van der Waals surface area contributed by atoms with Crippen LogP contribution >= 0.6 is 23.2 Å². The lowest BCUT2D eigenvalue weighted by molar-refractivity contribution is -0.136. The van der Waals surface area contributed by atoms with E-state index in [9.17, 15) is 9.59 Å². The van der Waals surface area contributed by atoms with E-state index in [1.54, 1.807) is 31.3 Å². The van der Waals surface area contributed by atoms with E-state index in [0.717, 1.165) is 0 Å². The fourth-order valence-electron chi connectivity index (χ4n) is 1.97. The molecule has 2 aromatic rings. The normalized spacial score (nSPS) is 10.6. The second-order valence-electron chi connectivity index (χ2n) is 4.30. The number of carbonyl (C=O) groups excluding carboxylic acids is 1. The van der Waals surface area contributed by atoms with E-state index in [4.69, 9.17) is 28.3 Å². The van der Waals surface area contributed by atoms with Gasteiger partial charge in [-0.2, -0.15) is 0 Å². The molecule has 0 saturated heterocycles. The molecular weight excluding hydrogens is 301 g/mol. The largest absolute Gasteiger partial charge is 0.481 e. The molecule has 1 aromatic heterocycles. The summed E-state index contributed by atoms with van der Waals surface area (Å²) < 4.78 is 1.50. The third-order valence-electron chi connectivity index (χ3n) is 2.92. The van der Waals surface area contributed by atoms with Crippen molar-refractivity contribution in [3.05, 3.63) is 57.3 Å². The van der Waals surface area contributed by atoms with Crippen molar-refractivity contribution in [3.8, 4) is 0 Å². The average Bonchev–Trinajstić information content (AvgIpc) is 2.63. The molecule has 0 bridgehead atoms. The number of carboxylic acid groups (broad SMARTS) is 1. The Morgan fingerprint density at radius 1 is 1.25 bits per heavy atom. The minimum Gasteiger partial charge on any atom is -0.481 e. The van der Waals surface area contributed by atoms with Gasteiger partial charge >= 0.3 is 5.97 Å². The number of carboxylic acids is 1. The molecule has 104 valence electrons. The topological polar surface area (TPSA) is 59.3 Å². The number of nitrogens with zero attached hydrogens (tertiary/aromatic N) is 1. The van der Waals surface area contributed by atoms with Crippen LogP contribution in [0.25, 0.3) is 0 Å². The molecule has 1 N–H and O–H groups in total. The predicted octanol–water partition coefficient (Wildman–Crippen LogP) is 3.19. The lowest BCUT2D eigenvalue weighted by Crippen LogP contribution is -2.11. The number of carbonyl (C=O) groups is 2. The molecular formula is C14H11Cl2NO3. The first kappa shape index (κ1) is 14.6. The van der Waals surface area contributed by atoms with Crippen LogP contribution in [0.15, 0.2) is 30.3 Å². The summed E-state index contributed by atoms with van der Waals surface area (Å²) in [6.45, 7) is 0. The number of hydrogen-bond acceptors (Lipinski definition) is 2. The zero-order chi connectivity index (χ0) is 14.9. The van der Waals surface area contributed by atoms with Gasteiger partial charge in [0.2, 0.25) is 5.78 Å². The molecule has 0 amide bonds. The highest BCUT2D eigenvalue weighted by atomic mass is 35.5.